The van der Waals surface area contributed by atoms with Crippen molar-refractivity contribution < 1.29 is 27.8 Å². The Morgan fingerprint density at radius 1 is 1.38 bits per heavy atom. The van der Waals surface area contributed by atoms with E-state index in [1.54, 1.807) is 0 Å². The van der Waals surface area contributed by atoms with Crippen molar-refractivity contribution in [2.45, 2.75) is 12.6 Å². The molecule has 0 aromatic carbocycles. The molecular formula is C8H7F3N2O3. The van der Waals surface area contributed by atoms with Crippen LogP contribution in [-0.2, 0) is 0 Å². The highest BCUT2D eigenvalue weighted by atomic mass is 19.4. The van der Waals surface area contributed by atoms with Crippen molar-refractivity contribution in [3.8, 4) is 5.88 Å². The van der Waals surface area contributed by atoms with Crippen molar-refractivity contribution >= 4 is 5.97 Å². The average molecular weight is 236 g/mol. The lowest BCUT2D eigenvalue weighted by Gasteiger charge is -2.06. The Morgan fingerprint density at radius 3 is 2.50 bits per heavy atom. The van der Waals surface area contributed by atoms with Crippen LogP contribution in [-0.4, -0.2) is 34.1 Å². The molecule has 0 aliphatic carbocycles. The number of aromatic carboxylic acids is 1. The van der Waals surface area contributed by atoms with Crippen molar-refractivity contribution in [2.24, 2.45) is 0 Å². The molecule has 0 radical (unpaired) electrons. The van der Waals surface area contributed by atoms with Crippen LogP contribution < -0.4 is 4.74 Å². The number of nitrogens with zero attached hydrogens (tertiary/aromatic N) is 2. The minimum Gasteiger partial charge on any atom is -0.476 e. The van der Waals surface area contributed by atoms with E-state index >= 15 is 0 Å². The van der Waals surface area contributed by atoms with Crippen molar-refractivity contribution in [3.63, 3.8) is 0 Å². The van der Waals surface area contributed by atoms with Gasteiger partial charge in [-0.1, -0.05) is 0 Å². The molecule has 1 rings (SSSR count). The average Bonchev–Trinajstić information content (AvgIpc) is 2.16. The van der Waals surface area contributed by atoms with Gasteiger partial charge < -0.3 is 9.84 Å². The number of aromatic nitrogens is 2. The van der Waals surface area contributed by atoms with Gasteiger partial charge in [-0.25, -0.2) is 4.79 Å². The van der Waals surface area contributed by atoms with E-state index in [0.29, 0.717) is 0 Å². The number of carbonyl (C=O) groups is 1. The summed E-state index contributed by atoms with van der Waals surface area (Å²) in [5, 5.41) is 15.0. The fourth-order valence-corrected chi connectivity index (χ4v) is 0.782. The minimum absolute atomic E-state index is 0.144. The first-order valence-corrected chi connectivity index (χ1v) is 4.15. The molecule has 0 saturated heterocycles. The first-order chi connectivity index (χ1) is 7.38. The molecule has 0 aliphatic rings. The van der Waals surface area contributed by atoms with E-state index in [9.17, 15) is 18.0 Å². The van der Waals surface area contributed by atoms with Crippen LogP contribution >= 0.6 is 0 Å². The predicted octanol–water partition coefficient (Wildman–Crippen LogP) is 1.51. The number of alkyl halides is 3. The van der Waals surface area contributed by atoms with E-state index in [2.05, 4.69) is 14.9 Å². The van der Waals surface area contributed by atoms with Crippen molar-refractivity contribution in [3.05, 3.63) is 17.8 Å². The van der Waals surface area contributed by atoms with Gasteiger partial charge in [0.15, 0.2) is 5.69 Å². The normalized spacial score (nSPS) is 11.2. The summed E-state index contributed by atoms with van der Waals surface area (Å²) in [4.78, 5) is 10.4. The highest BCUT2D eigenvalue weighted by Crippen LogP contribution is 2.19. The summed E-state index contributed by atoms with van der Waals surface area (Å²) < 4.78 is 39.8. The van der Waals surface area contributed by atoms with Crippen LogP contribution in [0.1, 0.15) is 16.9 Å². The molecule has 0 aliphatic heterocycles. The Bertz CT molecular complexity index is 364. The molecular weight excluding hydrogens is 229 g/mol. The molecule has 88 valence electrons. The number of ether oxygens (including phenoxy) is 1. The second-order valence-corrected chi connectivity index (χ2v) is 2.78. The van der Waals surface area contributed by atoms with Gasteiger partial charge >= 0.3 is 12.1 Å². The number of rotatable bonds is 4. The number of hydrogen-bond acceptors (Lipinski definition) is 4. The van der Waals surface area contributed by atoms with Crippen LogP contribution in [0.25, 0.3) is 0 Å². The maximum absolute atomic E-state index is 11.7. The Kier molecular flexibility index (Phi) is 3.64. The highest BCUT2D eigenvalue weighted by molar-refractivity contribution is 5.84. The molecule has 1 heterocycles. The maximum atomic E-state index is 11.7. The molecule has 0 amide bonds. The molecule has 8 heteroatoms. The first-order valence-electron chi connectivity index (χ1n) is 4.15. The van der Waals surface area contributed by atoms with Crippen LogP contribution in [0, 0.1) is 0 Å². The Morgan fingerprint density at radius 2 is 2.06 bits per heavy atom. The minimum atomic E-state index is -4.30. The van der Waals surface area contributed by atoms with Crippen molar-refractivity contribution in [1.29, 1.82) is 0 Å². The molecule has 16 heavy (non-hydrogen) atoms. The van der Waals surface area contributed by atoms with Gasteiger partial charge in [-0.3, -0.25) is 0 Å². The lowest BCUT2D eigenvalue weighted by atomic mass is 10.4. The maximum Gasteiger partial charge on any atom is 0.392 e. The third-order valence-electron chi connectivity index (χ3n) is 1.49. The lowest BCUT2D eigenvalue weighted by Crippen LogP contribution is -2.13. The molecule has 0 unspecified atom stereocenters. The summed E-state index contributed by atoms with van der Waals surface area (Å²) in [6.45, 7) is -0.579. The fourth-order valence-electron chi connectivity index (χ4n) is 0.782. The van der Waals surface area contributed by atoms with Gasteiger partial charge in [-0.05, 0) is 6.07 Å². The molecule has 5 nitrogen and oxygen atoms in total. The number of halogens is 3. The van der Waals surface area contributed by atoms with Crippen molar-refractivity contribution in [2.75, 3.05) is 6.61 Å². The molecule has 0 fully saturated rings. The summed E-state index contributed by atoms with van der Waals surface area (Å²) in [7, 11) is 0. The van der Waals surface area contributed by atoms with Gasteiger partial charge in [0.1, 0.15) is 0 Å². The third-order valence-corrected chi connectivity index (χ3v) is 1.49. The molecule has 1 aromatic rings. The van der Waals surface area contributed by atoms with Gasteiger partial charge in [0.2, 0.25) is 5.88 Å². The van der Waals surface area contributed by atoms with Crippen molar-refractivity contribution in [1.82, 2.24) is 10.2 Å². The molecule has 0 bridgehead atoms. The monoisotopic (exact) mass is 236 g/mol. The number of carboxylic acid groups (broad SMARTS) is 1. The topological polar surface area (TPSA) is 72.3 Å². The standard InChI is InChI=1S/C8H7F3N2O3/c9-8(10,11)3-4-16-6-2-1-5(7(14)15)12-13-6/h1-2H,3-4H2,(H,14,15). The molecule has 1 aromatic heterocycles. The van der Waals surface area contributed by atoms with Gasteiger partial charge in [0.25, 0.3) is 0 Å². The van der Waals surface area contributed by atoms with E-state index in [4.69, 9.17) is 5.11 Å². The van der Waals surface area contributed by atoms with Crippen LogP contribution in [0.5, 0.6) is 5.88 Å². The van der Waals surface area contributed by atoms with Crippen LogP contribution in [0.15, 0.2) is 12.1 Å². The van der Waals surface area contributed by atoms with E-state index < -0.39 is 25.2 Å². The summed E-state index contributed by atoms with van der Waals surface area (Å²) in [6, 6.07) is 2.24. The Hall–Kier alpha value is -1.86. The second-order valence-electron chi connectivity index (χ2n) is 2.78. The SMILES string of the molecule is O=C(O)c1ccc(OCCC(F)(F)F)nn1. The van der Waals surface area contributed by atoms with Crippen LogP contribution in [0.2, 0.25) is 0 Å². The van der Waals surface area contributed by atoms with Gasteiger partial charge in [0.05, 0.1) is 13.0 Å². The van der Waals surface area contributed by atoms with Gasteiger partial charge in [-0.15, -0.1) is 10.2 Å². The fraction of sp³-hybridized carbons (Fsp3) is 0.375. The second kappa shape index (κ2) is 4.77. The molecule has 0 spiro atoms. The zero-order chi connectivity index (χ0) is 12.2. The predicted molar refractivity (Wildman–Crippen MR) is 45.2 cm³/mol. The van der Waals surface area contributed by atoms with E-state index in [1.807, 2.05) is 0 Å². The van der Waals surface area contributed by atoms with Crippen LogP contribution in [0.3, 0.4) is 0 Å². The van der Waals surface area contributed by atoms with E-state index in [1.165, 1.54) is 0 Å². The summed E-state index contributed by atoms with van der Waals surface area (Å²) in [5.74, 6) is -1.41. The smallest absolute Gasteiger partial charge is 0.392 e. The zero-order valence-electron chi connectivity index (χ0n) is 7.86. The summed E-state index contributed by atoms with van der Waals surface area (Å²) >= 11 is 0. The molecule has 1 N–H and O–H groups in total. The summed E-state index contributed by atoms with van der Waals surface area (Å²) in [6.07, 6.45) is -5.40. The first kappa shape index (κ1) is 12.2. The van der Waals surface area contributed by atoms with Crippen LogP contribution in [0.4, 0.5) is 13.2 Å². The molecule has 0 atom stereocenters. The molecule has 0 saturated carbocycles. The lowest BCUT2D eigenvalue weighted by molar-refractivity contribution is -0.139. The Balaban J connectivity index is 2.47. The quantitative estimate of drug-likeness (QED) is 0.857. The third kappa shape index (κ3) is 4.11. The zero-order valence-corrected chi connectivity index (χ0v) is 7.86. The van der Waals surface area contributed by atoms with E-state index in [-0.39, 0.29) is 11.6 Å². The number of carboxylic acids is 1. The largest absolute Gasteiger partial charge is 0.476 e. The Labute approximate surface area is 87.9 Å². The van der Waals surface area contributed by atoms with Gasteiger partial charge in [-0.2, -0.15) is 13.2 Å². The van der Waals surface area contributed by atoms with Gasteiger partial charge in [0, 0.05) is 6.07 Å². The van der Waals surface area contributed by atoms with E-state index in [0.717, 1.165) is 12.1 Å². The summed E-state index contributed by atoms with van der Waals surface area (Å²) in [5.41, 5.74) is -0.303. The number of hydrogen-bond donors (Lipinski definition) is 1. The highest BCUT2D eigenvalue weighted by Gasteiger charge is 2.26.